The predicted octanol–water partition coefficient (Wildman–Crippen LogP) is 3.93. The summed E-state index contributed by atoms with van der Waals surface area (Å²) in [6, 6.07) is 16.2. The molecule has 2 heterocycles. The first-order valence-electron chi connectivity index (χ1n) is 9.65. The number of hydrogen-bond acceptors (Lipinski definition) is 2. The summed E-state index contributed by atoms with van der Waals surface area (Å²) in [5, 5.41) is 0. The van der Waals surface area contributed by atoms with Gasteiger partial charge < -0.3 is 9.80 Å². The van der Waals surface area contributed by atoms with Crippen molar-refractivity contribution < 1.29 is 9.59 Å². The number of carbonyl (C=O) groups is 2. The smallest absolute Gasteiger partial charge is 0.232 e. The Morgan fingerprint density at radius 1 is 1.04 bits per heavy atom. The number of anilines is 2. The minimum atomic E-state index is -0.272. The van der Waals surface area contributed by atoms with Crippen LogP contribution in [0.15, 0.2) is 48.5 Å². The maximum atomic E-state index is 13.1. The third-order valence-electron chi connectivity index (χ3n) is 5.67. The van der Waals surface area contributed by atoms with Crippen molar-refractivity contribution in [2.75, 3.05) is 22.9 Å². The van der Waals surface area contributed by atoms with Crippen LogP contribution in [0, 0.1) is 5.92 Å². The molecule has 0 spiro atoms. The Morgan fingerprint density at radius 2 is 1.74 bits per heavy atom. The van der Waals surface area contributed by atoms with Crippen molar-refractivity contribution in [1.29, 1.82) is 0 Å². The molecule has 0 bridgehead atoms. The van der Waals surface area contributed by atoms with Gasteiger partial charge in [-0.3, -0.25) is 9.59 Å². The second-order valence-electron chi connectivity index (χ2n) is 8.57. The van der Waals surface area contributed by atoms with E-state index in [1.165, 1.54) is 11.1 Å². The van der Waals surface area contributed by atoms with E-state index in [-0.39, 0.29) is 23.1 Å². The largest absolute Gasteiger partial charge is 0.312 e. The lowest BCUT2D eigenvalue weighted by Gasteiger charge is -2.23. The Balaban J connectivity index is 1.50. The van der Waals surface area contributed by atoms with E-state index in [1.54, 1.807) is 4.90 Å². The van der Waals surface area contributed by atoms with Gasteiger partial charge in [0.1, 0.15) is 0 Å². The Bertz CT molecular complexity index is 880. The zero-order valence-corrected chi connectivity index (χ0v) is 16.2. The van der Waals surface area contributed by atoms with E-state index < -0.39 is 0 Å². The molecule has 1 saturated heterocycles. The van der Waals surface area contributed by atoms with Gasteiger partial charge in [0.15, 0.2) is 0 Å². The molecule has 0 radical (unpaired) electrons. The second kappa shape index (κ2) is 6.52. The van der Waals surface area contributed by atoms with E-state index >= 15 is 0 Å². The van der Waals surface area contributed by atoms with Gasteiger partial charge in [-0.2, -0.15) is 0 Å². The van der Waals surface area contributed by atoms with E-state index in [0.29, 0.717) is 19.5 Å². The molecule has 4 rings (SSSR count). The Hall–Kier alpha value is -2.62. The lowest BCUT2D eigenvalue weighted by Crippen LogP contribution is -2.36. The zero-order valence-electron chi connectivity index (χ0n) is 16.2. The molecule has 140 valence electrons. The normalized spacial score (nSPS) is 19.5. The number of nitrogens with zero attached hydrogens (tertiary/aromatic N) is 2. The summed E-state index contributed by atoms with van der Waals surface area (Å²) in [5.74, 6) is -0.169. The number of para-hydroxylation sites is 1. The lowest BCUT2D eigenvalue weighted by molar-refractivity contribution is -0.124. The van der Waals surface area contributed by atoms with Gasteiger partial charge in [-0.15, -0.1) is 0 Å². The number of rotatable bonds is 2. The molecule has 0 saturated carbocycles. The first kappa shape index (κ1) is 17.8. The Kier molecular flexibility index (Phi) is 4.29. The van der Waals surface area contributed by atoms with Crippen LogP contribution in [0.25, 0.3) is 0 Å². The first-order valence-corrected chi connectivity index (χ1v) is 9.65. The van der Waals surface area contributed by atoms with Crippen molar-refractivity contribution in [2.45, 2.75) is 39.0 Å². The van der Waals surface area contributed by atoms with Gasteiger partial charge in [0.05, 0.1) is 5.92 Å². The molecule has 1 atom stereocenters. The van der Waals surface area contributed by atoms with Crippen molar-refractivity contribution in [1.82, 2.24) is 0 Å². The lowest BCUT2D eigenvalue weighted by atomic mass is 9.87. The van der Waals surface area contributed by atoms with Crippen molar-refractivity contribution >= 4 is 23.2 Å². The van der Waals surface area contributed by atoms with Crippen molar-refractivity contribution in [3.63, 3.8) is 0 Å². The second-order valence-corrected chi connectivity index (χ2v) is 8.57. The molecule has 27 heavy (non-hydrogen) atoms. The number of carbonyl (C=O) groups excluding carboxylic acids is 2. The van der Waals surface area contributed by atoms with E-state index in [4.69, 9.17) is 0 Å². The summed E-state index contributed by atoms with van der Waals surface area (Å²) in [7, 11) is 0. The van der Waals surface area contributed by atoms with Crippen LogP contribution in [-0.2, 0) is 21.4 Å². The molecular weight excluding hydrogens is 336 g/mol. The molecule has 1 fully saturated rings. The molecule has 2 aliphatic rings. The van der Waals surface area contributed by atoms with E-state index in [2.05, 4.69) is 39.0 Å². The maximum Gasteiger partial charge on any atom is 0.232 e. The highest BCUT2D eigenvalue weighted by Gasteiger charge is 2.39. The SMILES string of the molecule is CC(C)(C)c1ccc(N2CC(C(=O)N3CCc4ccccc43)CC2=O)cc1. The molecule has 0 aliphatic carbocycles. The zero-order chi connectivity index (χ0) is 19.2. The van der Waals surface area contributed by atoms with E-state index in [1.807, 2.05) is 35.2 Å². The fourth-order valence-corrected chi connectivity index (χ4v) is 4.05. The van der Waals surface area contributed by atoms with Gasteiger partial charge >= 0.3 is 0 Å². The van der Waals surface area contributed by atoms with Gasteiger partial charge in [0.25, 0.3) is 0 Å². The molecule has 0 aromatic heterocycles. The highest BCUT2D eigenvalue weighted by molar-refractivity contribution is 6.05. The van der Waals surface area contributed by atoms with Crippen LogP contribution >= 0.6 is 0 Å². The van der Waals surface area contributed by atoms with Gasteiger partial charge in [-0.1, -0.05) is 51.1 Å². The highest BCUT2D eigenvalue weighted by atomic mass is 16.2. The molecule has 2 aromatic carbocycles. The van der Waals surface area contributed by atoms with E-state index in [0.717, 1.165) is 17.8 Å². The van der Waals surface area contributed by atoms with Gasteiger partial charge in [0, 0.05) is 30.9 Å². The summed E-state index contributed by atoms with van der Waals surface area (Å²) in [6.07, 6.45) is 1.18. The average molecular weight is 362 g/mol. The molecule has 0 N–H and O–H groups in total. The van der Waals surface area contributed by atoms with Crippen LogP contribution in [0.5, 0.6) is 0 Å². The quantitative estimate of drug-likeness (QED) is 0.812. The maximum absolute atomic E-state index is 13.1. The van der Waals surface area contributed by atoms with Gasteiger partial charge in [-0.25, -0.2) is 0 Å². The van der Waals surface area contributed by atoms with Crippen molar-refractivity contribution in [3.05, 3.63) is 59.7 Å². The fraction of sp³-hybridized carbons (Fsp3) is 0.391. The first-order chi connectivity index (χ1) is 12.8. The van der Waals surface area contributed by atoms with Crippen LogP contribution in [0.1, 0.15) is 38.3 Å². The van der Waals surface area contributed by atoms with Crippen LogP contribution in [-0.4, -0.2) is 24.9 Å². The van der Waals surface area contributed by atoms with Crippen molar-refractivity contribution in [3.8, 4) is 0 Å². The minimum absolute atomic E-state index is 0.0318. The monoisotopic (exact) mass is 362 g/mol. The molecule has 2 amide bonds. The third kappa shape index (κ3) is 3.25. The third-order valence-corrected chi connectivity index (χ3v) is 5.67. The average Bonchev–Trinajstić information content (AvgIpc) is 3.24. The van der Waals surface area contributed by atoms with Crippen LogP contribution in [0.4, 0.5) is 11.4 Å². The Labute approximate surface area is 160 Å². The topological polar surface area (TPSA) is 40.6 Å². The highest BCUT2D eigenvalue weighted by Crippen LogP contribution is 2.33. The van der Waals surface area contributed by atoms with Crippen LogP contribution in [0.2, 0.25) is 0 Å². The molecule has 2 aromatic rings. The van der Waals surface area contributed by atoms with E-state index in [9.17, 15) is 9.59 Å². The molecular formula is C23H26N2O2. The van der Waals surface area contributed by atoms with Crippen molar-refractivity contribution in [2.24, 2.45) is 5.92 Å². The van der Waals surface area contributed by atoms with Gasteiger partial charge in [0.2, 0.25) is 11.8 Å². The molecule has 4 nitrogen and oxygen atoms in total. The number of fused-ring (bicyclic) bond motifs is 1. The fourth-order valence-electron chi connectivity index (χ4n) is 4.05. The molecule has 2 aliphatic heterocycles. The van der Waals surface area contributed by atoms with Crippen LogP contribution < -0.4 is 9.80 Å². The summed E-state index contributed by atoms with van der Waals surface area (Å²) in [4.78, 5) is 29.3. The molecule has 4 heteroatoms. The number of benzene rings is 2. The number of hydrogen-bond donors (Lipinski definition) is 0. The van der Waals surface area contributed by atoms with Crippen LogP contribution in [0.3, 0.4) is 0 Å². The summed E-state index contributed by atoms with van der Waals surface area (Å²) in [5.41, 5.74) is 4.41. The summed E-state index contributed by atoms with van der Waals surface area (Å²) in [6.45, 7) is 7.69. The standard InChI is InChI=1S/C23H26N2O2/c1-23(2,3)18-8-10-19(11-9-18)25-15-17(14-21(25)26)22(27)24-13-12-16-6-4-5-7-20(16)24/h4-11,17H,12-15H2,1-3H3. The Morgan fingerprint density at radius 3 is 2.44 bits per heavy atom. The summed E-state index contributed by atoms with van der Waals surface area (Å²) >= 11 is 0. The minimum Gasteiger partial charge on any atom is -0.312 e. The molecule has 1 unspecified atom stereocenters. The van der Waals surface area contributed by atoms with Gasteiger partial charge in [-0.05, 0) is 41.2 Å². The number of amides is 2. The predicted molar refractivity (Wildman–Crippen MR) is 108 cm³/mol. The summed E-state index contributed by atoms with van der Waals surface area (Å²) < 4.78 is 0.